The van der Waals surface area contributed by atoms with Crippen LogP contribution in [0.5, 0.6) is 0 Å². The van der Waals surface area contributed by atoms with Gasteiger partial charge in [-0.25, -0.2) is 0 Å². The fraction of sp³-hybridized carbons (Fsp3) is 0.667. The molecule has 21 heavy (non-hydrogen) atoms. The number of rotatable bonds is 9. The highest BCUT2D eigenvalue weighted by molar-refractivity contribution is 7.80. The zero-order valence-electron chi connectivity index (χ0n) is 12.8. The first kappa shape index (κ1) is 16.1. The van der Waals surface area contributed by atoms with Gasteiger partial charge in [-0.05, 0) is 37.2 Å². The van der Waals surface area contributed by atoms with Crippen molar-refractivity contribution in [2.45, 2.75) is 39.5 Å². The molecular formula is C15H24N4OS. The van der Waals surface area contributed by atoms with E-state index in [1.54, 1.807) is 0 Å². The van der Waals surface area contributed by atoms with Crippen LogP contribution in [-0.4, -0.2) is 34.9 Å². The number of hydrogen-bond donors (Lipinski definition) is 2. The zero-order chi connectivity index (χ0) is 15.2. The molecule has 0 atom stereocenters. The Balaban J connectivity index is 2.01. The third-order valence-corrected chi connectivity index (χ3v) is 3.89. The van der Waals surface area contributed by atoms with Crippen LogP contribution in [0.3, 0.4) is 0 Å². The van der Waals surface area contributed by atoms with Crippen LogP contribution in [0.25, 0.3) is 0 Å². The Morgan fingerprint density at radius 2 is 2.10 bits per heavy atom. The lowest BCUT2D eigenvalue weighted by atomic mass is 10.0. The van der Waals surface area contributed by atoms with Crippen molar-refractivity contribution in [3.05, 3.63) is 16.8 Å². The molecule has 1 aromatic rings. The van der Waals surface area contributed by atoms with Gasteiger partial charge in [0, 0.05) is 13.2 Å². The van der Waals surface area contributed by atoms with E-state index in [1.165, 1.54) is 12.8 Å². The summed E-state index contributed by atoms with van der Waals surface area (Å²) >= 11 is 5.19. The molecule has 0 bridgehead atoms. The van der Waals surface area contributed by atoms with E-state index in [9.17, 15) is 0 Å². The van der Waals surface area contributed by atoms with Gasteiger partial charge in [-0.15, -0.1) is 5.10 Å². The van der Waals surface area contributed by atoms with E-state index in [4.69, 9.17) is 22.7 Å². The van der Waals surface area contributed by atoms with E-state index >= 15 is 0 Å². The molecule has 0 aliphatic heterocycles. The van der Waals surface area contributed by atoms with Crippen LogP contribution < -0.4 is 11.1 Å². The smallest absolute Gasteiger partial charge is 0.159 e. The predicted octanol–water partition coefficient (Wildman–Crippen LogP) is 2.07. The molecule has 1 heterocycles. The first-order valence-electron chi connectivity index (χ1n) is 7.67. The third kappa shape index (κ3) is 4.35. The van der Waals surface area contributed by atoms with E-state index in [0.29, 0.717) is 24.0 Å². The molecule has 1 aromatic heterocycles. The molecule has 0 aromatic carbocycles. The van der Waals surface area contributed by atoms with Gasteiger partial charge in [-0.1, -0.05) is 26.1 Å². The van der Waals surface area contributed by atoms with E-state index in [0.717, 1.165) is 42.2 Å². The van der Waals surface area contributed by atoms with Crippen LogP contribution in [0.2, 0.25) is 0 Å². The summed E-state index contributed by atoms with van der Waals surface area (Å²) in [6.45, 7) is 6.36. The van der Waals surface area contributed by atoms with Crippen LogP contribution in [0.1, 0.15) is 43.5 Å². The minimum atomic E-state index is 0.373. The van der Waals surface area contributed by atoms with Gasteiger partial charge in [0.05, 0.1) is 17.9 Å². The summed E-state index contributed by atoms with van der Waals surface area (Å²) in [7, 11) is 0. The molecule has 0 spiro atoms. The lowest BCUT2D eigenvalue weighted by molar-refractivity contribution is 0.134. The number of nitrogens with two attached hydrogens (primary N) is 1. The van der Waals surface area contributed by atoms with Gasteiger partial charge in [0.1, 0.15) is 4.99 Å². The first-order chi connectivity index (χ1) is 10.2. The van der Waals surface area contributed by atoms with Crippen LogP contribution in [0.4, 0.5) is 5.82 Å². The predicted molar refractivity (Wildman–Crippen MR) is 88.7 cm³/mol. The number of ether oxygens (including phenoxy) is 1. The molecule has 1 saturated carbocycles. The van der Waals surface area contributed by atoms with Crippen molar-refractivity contribution < 1.29 is 4.74 Å². The lowest BCUT2D eigenvalue weighted by Crippen LogP contribution is -2.21. The Kier molecular flexibility index (Phi) is 5.87. The second-order valence-electron chi connectivity index (χ2n) is 5.37. The zero-order valence-corrected chi connectivity index (χ0v) is 13.6. The van der Waals surface area contributed by atoms with Crippen LogP contribution >= 0.6 is 12.2 Å². The van der Waals surface area contributed by atoms with Crippen LogP contribution in [-0.2, 0) is 17.6 Å². The summed E-state index contributed by atoms with van der Waals surface area (Å²) in [6.07, 6.45) is 4.29. The Hall–Kier alpha value is -1.27. The molecule has 0 radical (unpaired) electrons. The van der Waals surface area contributed by atoms with Crippen molar-refractivity contribution in [1.82, 2.24) is 10.2 Å². The average Bonchev–Trinajstić information content (AvgIpc) is 3.29. The third-order valence-electron chi connectivity index (χ3n) is 3.68. The second-order valence-corrected chi connectivity index (χ2v) is 5.81. The van der Waals surface area contributed by atoms with Gasteiger partial charge in [0.15, 0.2) is 5.82 Å². The molecule has 1 aliphatic rings. The summed E-state index contributed by atoms with van der Waals surface area (Å²) in [5.74, 6) is 1.46. The molecule has 1 fully saturated rings. The van der Waals surface area contributed by atoms with Crippen molar-refractivity contribution in [2.24, 2.45) is 11.7 Å². The average molecular weight is 308 g/mol. The van der Waals surface area contributed by atoms with Crippen LogP contribution in [0, 0.1) is 5.92 Å². The van der Waals surface area contributed by atoms with Crippen molar-refractivity contribution in [1.29, 1.82) is 0 Å². The summed E-state index contributed by atoms with van der Waals surface area (Å²) in [5.41, 5.74) is 8.79. The standard InChI is InChI=1S/C15H24N4OS/c1-3-11-12(4-2)18-19-15(13(11)14(16)21)17-7-8-20-9-10-5-6-10/h10H,3-9H2,1-2H3,(H2,16,21)(H,17,19). The van der Waals surface area contributed by atoms with E-state index in [-0.39, 0.29) is 0 Å². The van der Waals surface area contributed by atoms with E-state index < -0.39 is 0 Å². The Bertz CT molecular complexity index is 503. The maximum absolute atomic E-state index is 5.89. The number of aromatic nitrogens is 2. The number of anilines is 1. The largest absolute Gasteiger partial charge is 0.389 e. The molecule has 0 amide bonds. The molecule has 0 unspecified atom stereocenters. The van der Waals surface area contributed by atoms with Gasteiger partial charge < -0.3 is 15.8 Å². The van der Waals surface area contributed by atoms with Crippen molar-refractivity contribution in [3.8, 4) is 0 Å². The summed E-state index contributed by atoms with van der Waals surface area (Å²) in [4.78, 5) is 0.373. The number of nitrogens with zero attached hydrogens (tertiary/aromatic N) is 2. The van der Waals surface area contributed by atoms with Crippen molar-refractivity contribution in [2.75, 3.05) is 25.1 Å². The Morgan fingerprint density at radius 1 is 1.33 bits per heavy atom. The number of nitrogens with one attached hydrogen (secondary N) is 1. The minimum Gasteiger partial charge on any atom is -0.389 e. The Labute approximate surface area is 131 Å². The second kappa shape index (κ2) is 7.66. The highest BCUT2D eigenvalue weighted by Crippen LogP contribution is 2.28. The van der Waals surface area contributed by atoms with Gasteiger partial charge in [-0.3, -0.25) is 0 Å². The minimum absolute atomic E-state index is 0.373. The van der Waals surface area contributed by atoms with E-state index in [1.807, 2.05) is 0 Å². The number of thiocarbonyl (C=S) groups is 1. The normalized spacial score (nSPS) is 14.2. The molecule has 6 heteroatoms. The number of aryl methyl sites for hydroxylation is 1. The summed E-state index contributed by atoms with van der Waals surface area (Å²) in [6, 6.07) is 0. The fourth-order valence-corrected chi connectivity index (χ4v) is 2.56. The molecule has 1 aliphatic carbocycles. The van der Waals surface area contributed by atoms with E-state index in [2.05, 4.69) is 29.4 Å². The molecular weight excluding hydrogens is 284 g/mol. The highest BCUT2D eigenvalue weighted by atomic mass is 32.1. The van der Waals surface area contributed by atoms with Crippen LogP contribution in [0.15, 0.2) is 0 Å². The quantitative estimate of drug-likeness (QED) is 0.537. The monoisotopic (exact) mass is 308 g/mol. The maximum atomic E-state index is 5.89. The molecule has 0 saturated heterocycles. The summed E-state index contributed by atoms with van der Waals surface area (Å²) in [5, 5.41) is 11.8. The van der Waals surface area contributed by atoms with Gasteiger partial charge >= 0.3 is 0 Å². The van der Waals surface area contributed by atoms with Crippen molar-refractivity contribution >= 4 is 23.0 Å². The molecule has 116 valence electrons. The molecule has 5 nitrogen and oxygen atoms in total. The first-order valence-corrected chi connectivity index (χ1v) is 8.08. The van der Waals surface area contributed by atoms with Gasteiger partial charge in [0.25, 0.3) is 0 Å². The summed E-state index contributed by atoms with van der Waals surface area (Å²) < 4.78 is 5.61. The molecule has 2 rings (SSSR count). The van der Waals surface area contributed by atoms with Gasteiger partial charge in [-0.2, -0.15) is 5.10 Å². The highest BCUT2D eigenvalue weighted by Gasteiger charge is 2.21. The lowest BCUT2D eigenvalue weighted by Gasteiger charge is -2.15. The van der Waals surface area contributed by atoms with Gasteiger partial charge in [0.2, 0.25) is 0 Å². The SMILES string of the molecule is CCc1nnc(NCCOCC2CC2)c(C(N)=S)c1CC. The number of hydrogen-bond acceptors (Lipinski definition) is 5. The van der Waals surface area contributed by atoms with Crippen molar-refractivity contribution in [3.63, 3.8) is 0 Å². The topological polar surface area (TPSA) is 73.1 Å². The fourth-order valence-electron chi connectivity index (χ4n) is 2.34. The Morgan fingerprint density at radius 3 is 2.67 bits per heavy atom. The molecule has 3 N–H and O–H groups in total. The maximum Gasteiger partial charge on any atom is 0.159 e.